The molecule has 6 nitrogen and oxygen atoms in total. The molecule has 0 saturated carbocycles. The monoisotopic (exact) mass is 393 g/mol. The van der Waals surface area contributed by atoms with E-state index in [1.165, 1.54) is 6.07 Å². The highest BCUT2D eigenvalue weighted by Crippen LogP contribution is 2.36. The molecule has 0 unspecified atom stereocenters. The number of halogens is 4. The van der Waals surface area contributed by atoms with Gasteiger partial charge in [0.1, 0.15) is 0 Å². The Balaban J connectivity index is 1.87. The van der Waals surface area contributed by atoms with Crippen molar-refractivity contribution >= 4 is 29.3 Å². The predicted octanol–water partition coefficient (Wildman–Crippen LogP) is 3.07. The average molecular weight is 394 g/mol. The van der Waals surface area contributed by atoms with E-state index in [9.17, 15) is 22.8 Å². The number of hydrogen-bond acceptors (Lipinski definition) is 4. The summed E-state index contributed by atoms with van der Waals surface area (Å²) in [7, 11) is 0. The van der Waals surface area contributed by atoms with Crippen molar-refractivity contribution in [3.05, 3.63) is 28.8 Å². The summed E-state index contributed by atoms with van der Waals surface area (Å²) >= 11 is 5.55. The summed E-state index contributed by atoms with van der Waals surface area (Å²) in [5.41, 5.74) is -0.975. The second-order valence-corrected chi connectivity index (χ2v) is 6.11. The molecular formula is C16H19ClF3N3O3. The molecule has 0 aliphatic carbocycles. The first-order valence-corrected chi connectivity index (χ1v) is 8.39. The Morgan fingerprint density at radius 1 is 1.23 bits per heavy atom. The lowest BCUT2D eigenvalue weighted by Crippen LogP contribution is -2.50. The largest absolute Gasteiger partial charge is 0.450 e. The van der Waals surface area contributed by atoms with Gasteiger partial charge in [-0.3, -0.25) is 9.69 Å². The predicted molar refractivity (Wildman–Crippen MR) is 90.1 cm³/mol. The van der Waals surface area contributed by atoms with Crippen LogP contribution in [0.3, 0.4) is 0 Å². The third-order valence-corrected chi connectivity index (χ3v) is 4.15. The van der Waals surface area contributed by atoms with E-state index in [0.29, 0.717) is 32.8 Å². The molecule has 1 aromatic rings. The van der Waals surface area contributed by atoms with Crippen molar-refractivity contribution in [2.24, 2.45) is 0 Å². The number of alkyl halides is 3. The summed E-state index contributed by atoms with van der Waals surface area (Å²) < 4.78 is 43.5. The zero-order valence-electron chi connectivity index (χ0n) is 14.1. The molecule has 1 aromatic carbocycles. The van der Waals surface area contributed by atoms with E-state index in [0.717, 1.165) is 12.1 Å². The topological polar surface area (TPSA) is 61.9 Å². The van der Waals surface area contributed by atoms with Crippen molar-refractivity contribution in [2.75, 3.05) is 44.6 Å². The summed E-state index contributed by atoms with van der Waals surface area (Å²) in [5, 5.41) is 2.01. The number of ether oxygens (including phenoxy) is 1. The van der Waals surface area contributed by atoms with Gasteiger partial charge in [-0.25, -0.2) is 4.79 Å². The van der Waals surface area contributed by atoms with Crippen molar-refractivity contribution in [1.29, 1.82) is 0 Å². The third-order valence-electron chi connectivity index (χ3n) is 3.82. The molecule has 144 valence electrons. The molecule has 1 heterocycles. The second-order valence-electron chi connectivity index (χ2n) is 5.70. The molecule has 10 heteroatoms. The van der Waals surface area contributed by atoms with Crippen LogP contribution < -0.4 is 5.32 Å². The number of nitrogens with one attached hydrogen (secondary N) is 1. The maximum atomic E-state index is 12.8. The highest BCUT2D eigenvalue weighted by Gasteiger charge is 2.33. The van der Waals surface area contributed by atoms with Crippen LogP contribution in [0.4, 0.5) is 23.7 Å². The van der Waals surface area contributed by atoms with Gasteiger partial charge >= 0.3 is 12.3 Å². The summed E-state index contributed by atoms with van der Waals surface area (Å²) in [6.07, 6.45) is -4.99. The lowest BCUT2D eigenvalue weighted by atomic mass is 10.2. The molecule has 0 spiro atoms. The fraction of sp³-hybridized carbons (Fsp3) is 0.500. The number of piperazine rings is 1. The molecule has 2 rings (SSSR count). The number of amides is 2. The van der Waals surface area contributed by atoms with Gasteiger partial charge in [-0.05, 0) is 25.1 Å². The highest BCUT2D eigenvalue weighted by molar-refractivity contribution is 6.31. The van der Waals surface area contributed by atoms with Gasteiger partial charge in [-0.1, -0.05) is 11.6 Å². The van der Waals surface area contributed by atoms with E-state index in [4.69, 9.17) is 16.3 Å². The number of benzene rings is 1. The standard InChI is InChI=1S/C16H19ClF3N3O3/c1-2-26-15(25)23-7-5-22(6-8-23)10-14(24)21-11-3-4-13(17)12(9-11)16(18,19)20/h3-4,9H,2,5-8,10H2,1H3,(H,21,24). The number of hydrogen-bond donors (Lipinski definition) is 1. The van der Waals surface area contributed by atoms with Crippen LogP contribution in [0.5, 0.6) is 0 Å². The Labute approximate surface area is 153 Å². The van der Waals surface area contributed by atoms with Crippen LogP contribution in [-0.4, -0.2) is 61.1 Å². The van der Waals surface area contributed by atoms with Crippen molar-refractivity contribution in [1.82, 2.24) is 9.80 Å². The van der Waals surface area contributed by atoms with Crippen molar-refractivity contribution in [2.45, 2.75) is 13.1 Å². The normalized spacial score (nSPS) is 15.7. The lowest BCUT2D eigenvalue weighted by molar-refractivity contribution is -0.137. The van der Waals surface area contributed by atoms with Gasteiger partial charge in [0.2, 0.25) is 5.91 Å². The smallest absolute Gasteiger partial charge is 0.417 e. The quantitative estimate of drug-likeness (QED) is 0.854. The van der Waals surface area contributed by atoms with Crippen molar-refractivity contribution < 1.29 is 27.5 Å². The first kappa shape index (κ1) is 20.3. The molecule has 1 N–H and O–H groups in total. The van der Waals surface area contributed by atoms with E-state index >= 15 is 0 Å². The van der Waals surface area contributed by atoms with E-state index < -0.39 is 28.8 Å². The maximum absolute atomic E-state index is 12.8. The van der Waals surface area contributed by atoms with Gasteiger partial charge in [-0.2, -0.15) is 13.2 Å². The Kier molecular flexibility index (Phi) is 6.71. The molecule has 2 amide bonds. The number of anilines is 1. The van der Waals surface area contributed by atoms with Crippen LogP contribution >= 0.6 is 11.6 Å². The van der Waals surface area contributed by atoms with Gasteiger partial charge < -0.3 is 15.0 Å². The molecule has 0 radical (unpaired) electrons. The van der Waals surface area contributed by atoms with Crippen LogP contribution in [0.1, 0.15) is 12.5 Å². The Morgan fingerprint density at radius 3 is 2.46 bits per heavy atom. The van der Waals surface area contributed by atoms with E-state index in [2.05, 4.69) is 5.32 Å². The van der Waals surface area contributed by atoms with Gasteiger partial charge in [0.15, 0.2) is 0 Å². The summed E-state index contributed by atoms with van der Waals surface area (Å²) in [6.45, 7) is 3.82. The number of nitrogens with zero attached hydrogens (tertiary/aromatic N) is 2. The van der Waals surface area contributed by atoms with E-state index in [1.54, 1.807) is 11.8 Å². The van der Waals surface area contributed by atoms with Crippen molar-refractivity contribution in [3.8, 4) is 0 Å². The van der Waals surface area contributed by atoms with Gasteiger partial charge in [0.05, 0.1) is 23.7 Å². The van der Waals surface area contributed by atoms with Crippen LogP contribution in [0.2, 0.25) is 5.02 Å². The van der Waals surface area contributed by atoms with Crippen LogP contribution in [0.15, 0.2) is 18.2 Å². The van der Waals surface area contributed by atoms with Crippen molar-refractivity contribution in [3.63, 3.8) is 0 Å². The lowest BCUT2D eigenvalue weighted by Gasteiger charge is -2.33. The number of rotatable bonds is 4. The highest BCUT2D eigenvalue weighted by atomic mass is 35.5. The fourth-order valence-corrected chi connectivity index (χ4v) is 2.75. The van der Waals surface area contributed by atoms with Gasteiger partial charge in [0.25, 0.3) is 0 Å². The molecule has 1 fully saturated rings. The first-order chi connectivity index (χ1) is 12.2. The van der Waals surface area contributed by atoms with E-state index in [1.807, 2.05) is 4.90 Å². The third kappa shape index (κ3) is 5.50. The van der Waals surface area contributed by atoms with Crippen LogP contribution in [0, 0.1) is 0 Å². The molecule has 0 bridgehead atoms. The molecule has 0 aromatic heterocycles. The molecule has 0 atom stereocenters. The molecular weight excluding hydrogens is 375 g/mol. The molecule has 26 heavy (non-hydrogen) atoms. The summed E-state index contributed by atoms with van der Waals surface area (Å²) in [5.74, 6) is -0.440. The molecule has 1 aliphatic rings. The van der Waals surface area contributed by atoms with E-state index in [-0.39, 0.29) is 12.2 Å². The minimum absolute atomic E-state index is 0.0145. The Bertz CT molecular complexity index is 662. The van der Waals surface area contributed by atoms with Gasteiger partial charge in [-0.15, -0.1) is 0 Å². The maximum Gasteiger partial charge on any atom is 0.417 e. The zero-order valence-corrected chi connectivity index (χ0v) is 14.9. The van der Waals surface area contributed by atoms with Crippen LogP contribution in [0.25, 0.3) is 0 Å². The average Bonchev–Trinajstić information content (AvgIpc) is 2.56. The summed E-state index contributed by atoms with van der Waals surface area (Å²) in [6, 6.07) is 3.21. The Morgan fingerprint density at radius 2 is 1.88 bits per heavy atom. The second kappa shape index (κ2) is 8.59. The number of carbonyl (C=O) groups is 2. The zero-order chi connectivity index (χ0) is 19.3. The first-order valence-electron chi connectivity index (χ1n) is 8.01. The molecule has 1 saturated heterocycles. The Hall–Kier alpha value is -2.00. The minimum Gasteiger partial charge on any atom is -0.450 e. The fourth-order valence-electron chi connectivity index (χ4n) is 2.53. The van der Waals surface area contributed by atoms with Crippen LogP contribution in [-0.2, 0) is 15.7 Å². The van der Waals surface area contributed by atoms with Gasteiger partial charge in [0, 0.05) is 31.9 Å². The SMILES string of the molecule is CCOC(=O)N1CCN(CC(=O)Nc2ccc(Cl)c(C(F)(F)F)c2)CC1. The number of carbonyl (C=O) groups excluding carboxylic acids is 2. The molecule has 1 aliphatic heterocycles. The minimum atomic E-state index is -4.60. The summed E-state index contributed by atoms with van der Waals surface area (Å²) in [4.78, 5) is 27.0.